The van der Waals surface area contributed by atoms with Gasteiger partial charge in [-0.05, 0) is 37.6 Å². The largest absolute Gasteiger partial charge is 0.463 e. The number of carbonyl (C=O) groups excluding carboxylic acids is 2. The van der Waals surface area contributed by atoms with Crippen molar-refractivity contribution in [2.75, 3.05) is 18.5 Å². The molecule has 1 N–H and O–H groups in total. The molecule has 1 aromatic carbocycles. The molecule has 0 radical (unpaired) electrons. The van der Waals surface area contributed by atoms with Crippen molar-refractivity contribution in [3.63, 3.8) is 0 Å². The molecule has 0 aliphatic carbocycles. The Labute approximate surface area is 153 Å². The quantitative estimate of drug-likeness (QED) is 0.803. The van der Waals surface area contributed by atoms with Crippen LogP contribution in [-0.2, 0) is 20.5 Å². The minimum absolute atomic E-state index is 0.0221. The maximum atomic E-state index is 12.9. The van der Waals surface area contributed by atoms with Crippen LogP contribution in [0.4, 0.5) is 18.9 Å². The number of nitrogens with one attached hydrogen (secondary N) is 1. The monoisotopic (exact) mass is 390 g/mol. The van der Waals surface area contributed by atoms with Crippen LogP contribution in [0.5, 0.6) is 0 Å². The first-order chi connectivity index (χ1) is 12.3. The molecule has 1 amide bonds. The number of ether oxygens (including phenoxy) is 1. The molecule has 26 heavy (non-hydrogen) atoms. The molecule has 0 spiro atoms. The van der Waals surface area contributed by atoms with Crippen LogP contribution >= 0.6 is 11.6 Å². The van der Waals surface area contributed by atoms with Gasteiger partial charge in [-0.1, -0.05) is 18.0 Å². The van der Waals surface area contributed by atoms with Crippen LogP contribution in [0.2, 0.25) is 5.02 Å². The van der Waals surface area contributed by atoms with E-state index in [1.54, 1.807) is 0 Å². The van der Waals surface area contributed by atoms with Gasteiger partial charge in [-0.25, -0.2) is 0 Å². The number of cyclic esters (lactones) is 1. The number of morpholine rings is 1. The van der Waals surface area contributed by atoms with Crippen LogP contribution in [0.1, 0.15) is 31.2 Å². The minimum Gasteiger partial charge on any atom is -0.463 e. The molecule has 0 saturated carbocycles. The SMILES string of the molecule is O=C(C[C@H]1C(=O)OC[C@@H]2CCCCN21)Nc1ccc(Cl)c(C(F)(F)F)c1. The Morgan fingerprint density at radius 2 is 2.12 bits per heavy atom. The molecule has 0 aromatic heterocycles. The van der Waals surface area contributed by atoms with Crippen molar-refractivity contribution in [1.82, 2.24) is 4.90 Å². The lowest BCUT2D eigenvalue weighted by Crippen LogP contribution is -2.57. The van der Waals surface area contributed by atoms with E-state index in [2.05, 4.69) is 5.32 Å². The van der Waals surface area contributed by atoms with Gasteiger partial charge in [0.15, 0.2) is 0 Å². The summed E-state index contributed by atoms with van der Waals surface area (Å²) >= 11 is 5.57. The predicted octanol–water partition coefficient (Wildman–Crippen LogP) is 3.47. The highest BCUT2D eigenvalue weighted by atomic mass is 35.5. The molecule has 5 nitrogen and oxygen atoms in total. The Morgan fingerprint density at radius 3 is 2.85 bits per heavy atom. The van der Waals surface area contributed by atoms with Gasteiger partial charge in [-0.3, -0.25) is 14.5 Å². The number of nitrogens with zero attached hydrogens (tertiary/aromatic N) is 1. The molecular formula is C17H18ClF3N2O3. The highest BCUT2D eigenvalue weighted by Crippen LogP contribution is 2.36. The summed E-state index contributed by atoms with van der Waals surface area (Å²) in [7, 11) is 0. The number of fused-ring (bicyclic) bond motifs is 1. The summed E-state index contributed by atoms with van der Waals surface area (Å²) in [5.41, 5.74) is -1.05. The van der Waals surface area contributed by atoms with Gasteiger partial charge in [-0.2, -0.15) is 13.2 Å². The lowest BCUT2D eigenvalue weighted by molar-refractivity contribution is -0.165. The van der Waals surface area contributed by atoms with Gasteiger partial charge in [0.25, 0.3) is 0 Å². The fourth-order valence-electron chi connectivity index (χ4n) is 3.43. The van der Waals surface area contributed by atoms with Gasteiger partial charge in [0, 0.05) is 11.7 Å². The summed E-state index contributed by atoms with van der Waals surface area (Å²) < 4.78 is 43.9. The summed E-state index contributed by atoms with van der Waals surface area (Å²) in [6, 6.07) is 2.55. The number of piperidine rings is 1. The lowest BCUT2D eigenvalue weighted by atomic mass is 9.97. The molecule has 2 aliphatic heterocycles. The maximum absolute atomic E-state index is 12.9. The van der Waals surface area contributed by atoms with Crippen LogP contribution < -0.4 is 5.32 Å². The third kappa shape index (κ3) is 4.12. The van der Waals surface area contributed by atoms with E-state index in [0.29, 0.717) is 13.2 Å². The molecule has 142 valence electrons. The molecule has 0 bridgehead atoms. The predicted molar refractivity (Wildman–Crippen MR) is 88.8 cm³/mol. The average molecular weight is 391 g/mol. The second-order valence-corrected chi connectivity index (χ2v) is 6.89. The molecular weight excluding hydrogens is 373 g/mol. The van der Waals surface area contributed by atoms with Crippen molar-refractivity contribution in [2.45, 2.75) is 43.9 Å². The molecule has 2 atom stereocenters. The smallest absolute Gasteiger partial charge is 0.417 e. The van der Waals surface area contributed by atoms with Crippen LogP contribution in [0.15, 0.2) is 18.2 Å². The number of esters is 1. The second kappa shape index (κ2) is 7.44. The fourth-order valence-corrected chi connectivity index (χ4v) is 3.66. The van der Waals surface area contributed by atoms with Crippen LogP contribution in [0.3, 0.4) is 0 Å². The molecule has 9 heteroatoms. The highest BCUT2D eigenvalue weighted by Gasteiger charge is 2.40. The topological polar surface area (TPSA) is 58.6 Å². The summed E-state index contributed by atoms with van der Waals surface area (Å²) in [4.78, 5) is 26.3. The molecule has 1 aromatic rings. The van der Waals surface area contributed by atoms with Crippen molar-refractivity contribution in [1.29, 1.82) is 0 Å². The summed E-state index contributed by atoms with van der Waals surface area (Å²) in [5.74, 6) is -1.01. The van der Waals surface area contributed by atoms with Gasteiger partial charge in [-0.15, -0.1) is 0 Å². The average Bonchev–Trinajstić information content (AvgIpc) is 2.58. The van der Waals surface area contributed by atoms with Gasteiger partial charge in [0.1, 0.15) is 12.6 Å². The number of hydrogen-bond acceptors (Lipinski definition) is 4. The fraction of sp³-hybridized carbons (Fsp3) is 0.529. The molecule has 2 saturated heterocycles. The van der Waals surface area contributed by atoms with E-state index in [9.17, 15) is 22.8 Å². The zero-order chi connectivity index (χ0) is 18.9. The van der Waals surface area contributed by atoms with Crippen molar-refractivity contribution >= 4 is 29.2 Å². The standard InChI is InChI=1S/C17H18ClF3N2O3/c18-13-5-4-10(7-12(13)17(19,20)21)22-15(24)8-14-16(25)26-9-11-3-1-2-6-23(11)14/h4-5,7,11,14H,1-3,6,8-9H2,(H,22,24)/t11-,14-/m0/s1. The minimum atomic E-state index is -4.62. The summed E-state index contributed by atoms with van der Waals surface area (Å²) in [6.07, 6.45) is -1.90. The van der Waals surface area contributed by atoms with Crippen molar-refractivity contribution < 1.29 is 27.5 Å². The summed E-state index contributed by atoms with van der Waals surface area (Å²) in [6.45, 7) is 1.03. The first-order valence-electron chi connectivity index (χ1n) is 8.34. The number of alkyl halides is 3. The van der Waals surface area contributed by atoms with Gasteiger partial charge >= 0.3 is 12.1 Å². The van der Waals surface area contributed by atoms with Crippen LogP contribution in [0, 0.1) is 0 Å². The molecule has 0 unspecified atom stereocenters. The molecule has 2 heterocycles. The maximum Gasteiger partial charge on any atom is 0.417 e. The van der Waals surface area contributed by atoms with E-state index in [1.807, 2.05) is 4.90 Å². The van der Waals surface area contributed by atoms with E-state index in [-0.39, 0.29) is 18.2 Å². The lowest BCUT2D eigenvalue weighted by Gasteiger charge is -2.43. The van der Waals surface area contributed by atoms with Gasteiger partial charge < -0.3 is 10.1 Å². The Bertz CT molecular complexity index is 711. The second-order valence-electron chi connectivity index (χ2n) is 6.48. The molecule has 3 rings (SSSR count). The van der Waals surface area contributed by atoms with Crippen molar-refractivity contribution in [3.05, 3.63) is 28.8 Å². The van der Waals surface area contributed by atoms with E-state index in [1.165, 1.54) is 6.07 Å². The van der Waals surface area contributed by atoms with E-state index < -0.39 is 34.7 Å². The normalized spacial score (nSPS) is 23.9. The Kier molecular flexibility index (Phi) is 5.43. The zero-order valence-electron chi connectivity index (χ0n) is 13.8. The number of amides is 1. The highest BCUT2D eigenvalue weighted by molar-refractivity contribution is 6.31. The van der Waals surface area contributed by atoms with Crippen molar-refractivity contribution in [3.8, 4) is 0 Å². The number of benzene rings is 1. The van der Waals surface area contributed by atoms with Crippen LogP contribution in [-0.4, -0.2) is 42.0 Å². The van der Waals surface area contributed by atoms with Gasteiger partial charge in [0.05, 0.1) is 17.0 Å². The summed E-state index contributed by atoms with van der Waals surface area (Å²) in [5, 5.41) is 1.97. The molecule has 2 fully saturated rings. The Morgan fingerprint density at radius 1 is 1.35 bits per heavy atom. The Balaban J connectivity index is 1.69. The number of hydrogen-bond donors (Lipinski definition) is 1. The van der Waals surface area contributed by atoms with E-state index >= 15 is 0 Å². The van der Waals surface area contributed by atoms with Crippen LogP contribution in [0.25, 0.3) is 0 Å². The number of rotatable bonds is 3. The zero-order valence-corrected chi connectivity index (χ0v) is 14.6. The number of anilines is 1. The Hall–Kier alpha value is -1.80. The first-order valence-corrected chi connectivity index (χ1v) is 8.72. The third-order valence-electron chi connectivity index (χ3n) is 4.70. The first kappa shape index (κ1) is 19.0. The molecule has 2 aliphatic rings. The van der Waals surface area contributed by atoms with Crippen molar-refractivity contribution in [2.24, 2.45) is 0 Å². The van der Waals surface area contributed by atoms with E-state index in [0.717, 1.165) is 31.4 Å². The van der Waals surface area contributed by atoms with E-state index in [4.69, 9.17) is 16.3 Å². The van der Waals surface area contributed by atoms with Gasteiger partial charge in [0.2, 0.25) is 5.91 Å². The third-order valence-corrected chi connectivity index (χ3v) is 5.03. The number of halogens is 4. The number of carbonyl (C=O) groups is 2.